The van der Waals surface area contributed by atoms with Gasteiger partial charge in [0.15, 0.2) is 0 Å². The van der Waals surface area contributed by atoms with E-state index in [-0.39, 0.29) is 17.6 Å². The van der Waals surface area contributed by atoms with Crippen LogP contribution in [0.1, 0.15) is 41.3 Å². The van der Waals surface area contributed by atoms with Crippen molar-refractivity contribution in [2.45, 2.75) is 26.3 Å². The van der Waals surface area contributed by atoms with Gasteiger partial charge in [-0.15, -0.1) is 0 Å². The summed E-state index contributed by atoms with van der Waals surface area (Å²) >= 11 is 0. The van der Waals surface area contributed by atoms with E-state index in [0.717, 1.165) is 49.2 Å². The Hall–Kier alpha value is -4.38. The number of carbonyl (C=O) groups excluding carboxylic acids is 2. The monoisotopic (exact) mass is 538 g/mol. The Kier molecular flexibility index (Phi) is 10.4. The standard InChI is InChI=1S/C24H27FN4O2.C4H4O4/c1-17(30)26-27-23(19-6-8-21(25)9-7-19)16-28-12-10-18(11-13-28)14-29-15-20-4-2-3-5-22(20)24(29)31;5-3(6)1-2-4(7)8/h2-9,18H,10-16H2,1H3,(H,26,30);1-2H,(H,5,6)(H,7,8). The average Bonchev–Trinajstić information content (AvgIpc) is 3.22. The summed E-state index contributed by atoms with van der Waals surface area (Å²) in [6.45, 7) is 5.25. The van der Waals surface area contributed by atoms with Gasteiger partial charge in [-0.3, -0.25) is 14.5 Å². The number of carboxylic acids is 2. The van der Waals surface area contributed by atoms with E-state index in [0.29, 0.717) is 36.9 Å². The number of nitrogens with zero attached hydrogens (tertiary/aromatic N) is 3. The highest BCUT2D eigenvalue weighted by atomic mass is 19.1. The van der Waals surface area contributed by atoms with Gasteiger partial charge in [0, 0.05) is 44.3 Å². The second-order valence-electron chi connectivity index (χ2n) is 9.31. The number of rotatable bonds is 8. The third-order valence-corrected chi connectivity index (χ3v) is 6.35. The molecule has 206 valence electrons. The van der Waals surface area contributed by atoms with Gasteiger partial charge in [0.25, 0.3) is 5.91 Å². The first kappa shape index (κ1) is 29.2. The van der Waals surface area contributed by atoms with Gasteiger partial charge in [0.05, 0.1) is 5.71 Å². The lowest BCUT2D eigenvalue weighted by Crippen LogP contribution is -2.41. The Balaban J connectivity index is 0.000000459. The van der Waals surface area contributed by atoms with Gasteiger partial charge in [0.1, 0.15) is 5.82 Å². The molecule has 0 atom stereocenters. The number of hydrogen-bond acceptors (Lipinski definition) is 6. The molecule has 0 aromatic heterocycles. The predicted molar refractivity (Wildman–Crippen MR) is 142 cm³/mol. The molecule has 3 N–H and O–H groups in total. The molecule has 2 aromatic rings. The maximum atomic E-state index is 13.3. The fourth-order valence-corrected chi connectivity index (χ4v) is 4.43. The number of fused-ring (bicyclic) bond motifs is 1. The van der Waals surface area contributed by atoms with Crippen LogP contribution in [-0.4, -0.2) is 75.7 Å². The lowest BCUT2D eigenvalue weighted by atomic mass is 9.95. The van der Waals surface area contributed by atoms with Crippen LogP contribution in [0.3, 0.4) is 0 Å². The van der Waals surface area contributed by atoms with Crippen molar-refractivity contribution in [1.82, 2.24) is 15.2 Å². The van der Waals surface area contributed by atoms with Crippen molar-refractivity contribution >= 4 is 29.5 Å². The van der Waals surface area contributed by atoms with Crippen molar-refractivity contribution in [3.05, 3.63) is 83.2 Å². The number of amides is 2. The lowest BCUT2D eigenvalue weighted by molar-refractivity contribution is -0.134. The third kappa shape index (κ3) is 9.15. The van der Waals surface area contributed by atoms with Crippen LogP contribution in [0.5, 0.6) is 0 Å². The zero-order valence-electron chi connectivity index (χ0n) is 21.5. The predicted octanol–water partition coefficient (Wildman–Crippen LogP) is 2.75. The Morgan fingerprint density at radius 1 is 1.03 bits per heavy atom. The molecule has 2 aliphatic rings. The van der Waals surface area contributed by atoms with Crippen LogP contribution < -0.4 is 5.43 Å². The topological polar surface area (TPSA) is 140 Å². The number of hydrazone groups is 1. The van der Waals surface area contributed by atoms with Crippen LogP contribution >= 0.6 is 0 Å². The van der Waals surface area contributed by atoms with Crippen molar-refractivity contribution in [2.24, 2.45) is 11.0 Å². The highest BCUT2D eigenvalue weighted by Gasteiger charge is 2.30. The van der Waals surface area contributed by atoms with Crippen LogP contribution in [0.4, 0.5) is 4.39 Å². The van der Waals surface area contributed by atoms with Gasteiger partial charge < -0.3 is 15.1 Å². The smallest absolute Gasteiger partial charge is 0.328 e. The van der Waals surface area contributed by atoms with E-state index in [1.54, 1.807) is 12.1 Å². The van der Waals surface area contributed by atoms with E-state index >= 15 is 0 Å². The molecule has 10 nitrogen and oxygen atoms in total. The zero-order valence-corrected chi connectivity index (χ0v) is 21.5. The number of benzene rings is 2. The fraction of sp³-hybridized carbons (Fsp3) is 0.321. The number of nitrogens with one attached hydrogen (secondary N) is 1. The van der Waals surface area contributed by atoms with E-state index in [2.05, 4.69) is 15.4 Å². The molecule has 39 heavy (non-hydrogen) atoms. The molecule has 2 heterocycles. The van der Waals surface area contributed by atoms with Crippen molar-refractivity contribution in [2.75, 3.05) is 26.2 Å². The highest BCUT2D eigenvalue weighted by Crippen LogP contribution is 2.26. The maximum absolute atomic E-state index is 13.3. The van der Waals surface area contributed by atoms with Crippen molar-refractivity contribution in [3.8, 4) is 0 Å². The molecule has 1 saturated heterocycles. The minimum atomic E-state index is -1.26. The number of halogens is 1. The van der Waals surface area contributed by atoms with E-state index in [1.165, 1.54) is 19.1 Å². The second kappa shape index (κ2) is 14.0. The van der Waals surface area contributed by atoms with Gasteiger partial charge in [-0.2, -0.15) is 5.10 Å². The van der Waals surface area contributed by atoms with Crippen LogP contribution in [0.25, 0.3) is 0 Å². The molecular formula is C28H31FN4O6. The first-order valence-corrected chi connectivity index (χ1v) is 12.4. The summed E-state index contributed by atoms with van der Waals surface area (Å²) in [4.78, 5) is 47.3. The van der Waals surface area contributed by atoms with E-state index in [9.17, 15) is 23.6 Å². The minimum absolute atomic E-state index is 0.138. The number of aliphatic carboxylic acids is 2. The van der Waals surface area contributed by atoms with E-state index in [4.69, 9.17) is 10.2 Å². The van der Waals surface area contributed by atoms with Crippen LogP contribution in [-0.2, 0) is 20.9 Å². The summed E-state index contributed by atoms with van der Waals surface area (Å²) in [6.07, 6.45) is 3.11. The molecule has 2 aromatic carbocycles. The van der Waals surface area contributed by atoms with Gasteiger partial charge in [-0.1, -0.05) is 30.3 Å². The molecule has 0 aliphatic carbocycles. The first-order chi connectivity index (χ1) is 18.6. The number of hydrogen-bond donors (Lipinski definition) is 3. The van der Waals surface area contributed by atoms with E-state index in [1.807, 2.05) is 29.2 Å². The molecule has 0 saturated carbocycles. The fourth-order valence-electron chi connectivity index (χ4n) is 4.43. The van der Waals surface area contributed by atoms with Gasteiger partial charge >= 0.3 is 11.9 Å². The summed E-state index contributed by atoms with van der Waals surface area (Å²) < 4.78 is 13.3. The summed E-state index contributed by atoms with van der Waals surface area (Å²) in [7, 11) is 0. The molecule has 0 spiro atoms. The number of carbonyl (C=O) groups is 4. The molecule has 0 bridgehead atoms. The molecule has 2 amide bonds. The summed E-state index contributed by atoms with van der Waals surface area (Å²) in [5.74, 6) is -2.45. The van der Waals surface area contributed by atoms with E-state index < -0.39 is 11.9 Å². The summed E-state index contributed by atoms with van der Waals surface area (Å²) in [5, 5.41) is 19.9. The first-order valence-electron chi connectivity index (χ1n) is 12.4. The van der Waals surface area contributed by atoms with Gasteiger partial charge in [-0.05, 0) is 61.2 Å². The van der Waals surface area contributed by atoms with Crippen LogP contribution in [0, 0.1) is 11.7 Å². The normalized spacial score (nSPS) is 16.0. The molecule has 0 radical (unpaired) electrons. The summed E-state index contributed by atoms with van der Waals surface area (Å²) in [6, 6.07) is 14.0. The summed E-state index contributed by atoms with van der Waals surface area (Å²) in [5.41, 5.74) is 5.95. The largest absolute Gasteiger partial charge is 0.478 e. The lowest BCUT2D eigenvalue weighted by Gasteiger charge is -2.34. The molecule has 4 rings (SSSR count). The van der Waals surface area contributed by atoms with Crippen molar-refractivity contribution in [1.29, 1.82) is 0 Å². The zero-order chi connectivity index (χ0) is 28.4. The second-order valence-corrected chi connectivity index (χ2v) is 9.31. The van der Waals surface area contributed by atoms with Gasteiger partial charge in [0.2, 0.25) is 5.91 Å². The Bertz CT molecular complexity index is 1240. The molecule has 0 unspecified atom stereocenters. The third-order valence-electron chi connectivity index (χ3n) is 6.35. The highest BCUT2D eigenvalue weighted by molar-refractivity contribution is 6.02. The molecule has 1 fully saturated rings. The SMILES string of the molecule is CC(=O)NN=C(CN1CCC(CN2Cc3ccccc3C2=O)CC1)c1ccc(F)cc1.O=C(O)C=CC(=O)O. The molecule has 2 aliphatic heterocycles. The average molecular weight is 539 g/mol. The van der Waals surface area contributed by atoms with Crippen LogP contribution in [0.15, 0.2) is 65.8 Å². The number of piperidine rings is 1. The Morgan fingerprint density at radius 3 is 2.21 bits per heavy atom. The Morgan fingerprint density at radius 2 is 1.64 bits per heavy atom. The molecule has 11 heteroatoms. The number of likely N-dealkylation sites (tertiary alicyclic amines) is 1. The van der Waals surface area contributed by atoms with Crippen LogP contribution in [0.2, 0.25) is 0 Å². The number of carboxylic acid groups (broad SMARTS) is 2. The maximum Gasteiger partial charge on any atom is 0.328 e. The van der Waals surface area contributed by atoms with Gasteiger partial charge in [-0.25, -0.2) is 19.4 Å². The quantitative estimate of drug-likeness (QED) is 0.267. The van der Waals surface area contributed by atoms with Crippen molar-refractivity contribution < 1.29 is 33.8 Å². The minimum Gasteiger partial charge on any atom is -0.478 e. The molecular weight excluding hydrogens is 507 g/mol. The van der Waals surface area contributed by atoms with Crippen molar-refractivity contribution in [3.63, 3.8) is 0 Å². The Labute approximate surface area is 225 Å².